The van der Waals surface area contributed by atoms with Gasteiger partial charge >= 0.3 is 0 Å². The molecule has 0 radical (unpaired) electrons. The average Bonchev–Trinajstić information content (AvgIpc) is 2.82. The molecule has 0 spiro atoms. The smallest absolute Gasteiger partial charge is 0.240 e. The van der Waals surface area contributed by atoms with Gasteiger partial charge in [0.15, 0.2) is 0 Å². The minimum Gasteiger partial charge on any atom is -0.354 e. The van der Waals surface area contributed by atoms with Crippen LogP contribution in [0.25, 0.3) is 0 Å². The summed E-state index contributed by atoms with van der Waals surface area (Å²) < 4.78 is 27.6. The van der Waals surface area contributed by atoms with Crippen molar-refractivity contribution in [3.63, 3.8) is 0 Å². The van der Waals surface area contributed by atoms with E-state index in [1.807, 2.05) is 37.3 Å². The van der Waals surface area contributed by atoms with Gasteiger partial charge in [-0.2, -0.15) is 0 Å². The summed E-state index contributed by atoms with van der Waals surface area (Å²) >= 11 is 0. The highest BCUT2D eigenvalue weighted by atomic mass is 32.2. The average molecular weight is 472 g/mol. The standard InChI is InChI=1S/C25H33N3O4S/c1-19-7-13-23(14-8-19)33(31,32)28-17-21-9-11-22(12-10-21)25(30)27-18-24(29)26-16-15-20-5-3-2-4-6-20/h2-8,13-14,21-22,28H,9-12,15-18H2,1H3,(H,26,29)(H,27,30). The van der Waals surface area contributed by atoms with E-state index >= 15 is 0 Å². The molecule has 2 aromatic rings. The van der Waals surface area contributed by atoms with Crippen molar-refractivity contribution in [2.75, 3.05) is 19.6 Å². The van der Waals surface area contributed by atoms with Crippen molar-refractivity contribution in [1.29, 1.82) is 0 Å². The van der Waals surface area contributed by atoms with Crippen LogP contribution in [-0.4, -0.2) is 39.9 Å². The van der Waals surface area contributed by atoms with Crippen molar-refractivity contribution < 1.29 is 18.0 Å². The van der Waals surface area contributed by atoms with E-state index in [0.29, 0.717) is 25.9 Å². The van der Waals surface area contributed by atoms with Crippen molar-refractivity contribution in [2.24, 2.45) is 11.8 Å². The molecule has 33 heavy (non-hydrogen) atoms. The van der Waals surface area contributed by atoms with Gasteiger partial charge < -0.3 is 10.6 Å². The highest BCUT2D eigenvalue weighted by molar-refractivity contribution is 7.89. The number of benzene rings is 2. The van der Waals surface area contributed by atoms with Crippen molar-refractivity contribution in [3.05, 3.63) is 65.7 Å². The number of aryl methyl sites for hydroxylation is 1. The third kappa shape index (κ3) is 7.98. The molecular formula is C25H33N3O4S. The zero-order valence-electron chi connectivity index (χ0n) is 19.0. The lowest BCUT2D eigenvalue weighted by molar-refractivity contribution is -0.129. The quantitative estimate of drug-likeness (QED) is 0.495. The summed E-state index contributed by atoms with van der Waals surface area (Å²) in [5.74, 6) is -0.229. The van der Waals surface area contributed by atoms with E-state index in [0.717, 1.165) is 30.4 Å². The molecule has 0 heterocycles. The number of sulfonamides is 1. The Hall–Kier alpha value is -2.71. The Morgan fingerprint density at radius 1 is 0.909 bits per heavy atom. The fourth-order valence-corrected chi connectivity index (χ4v) is 5.14. The van der Waals surface area contributed by atoms with Crippen LogP contribution in [0.1, 0.15) is 36.8 Å². The van der Waals surface area contributed by atoms with Crippen molar-refractivity contribution in [3.8, 4) is 0 Å². The summed E-state index contributed by atoms with van der Waals surface area (Å²) in [6.45, 7) is 2.79. The molecule has 1 fully saturated rings. The van der Waals surface area contributed by atoms with E-state index in [1.165, 1.54) is 0 Å². The minimum absolute atomic E-state index is 0.0239. The highest BCUT2D eigenvalue weighted by Crippen LogP contribution is 2.28. The Morgan fingerprint density at radius 2 is 1.58 bits per heavy atom. The van der Waals surface area contributed by atoms with Gasteiger partial charge in [0.25, 0.3) is 0 Å². The number of amides is 2. The first-order valence-electron chi connectivity index (χ1n) is 11.5. The number of nitrogens with one attached hydrogen (secondary N) is 3. The van der Waals surface area contributed by atoms with Crippen LogP contribution in [-0.2, 0) is 26.0 Å². The fraction of sp³-hybridized carbons (Fsp3) is 0.440. The zero-order chi connectivity index (χ0) is 23.7. The molecule has 3 rings (SSSR count). The molecule has 1 aliphatic rings. The molecular weight excluding hydrogens is 438 g/mol. The molecule has 178 valence electrons. The highest BCUT2D eigenvalue weighted by Gasteiger charge is 2.27. The largest absolute Gasteiger partial charge is 0.354 e. The van der Waals surface area contributed by atoms with E-state index in [-0.39, 0.29) is 35.1 Å². The monoisotopic (exact) mass is 471 g/mol. The lowest BCUT2D eigenvalue weighted by Crippen LogP contribution is -2.41. The van der Waals surface area contributed by atoms with Gasteiger partial charge in [0.2, 0.25) is 21.8 Å². The number of hydrogen-bond acceptors (Lipinski definition) is 4. The Kier molecular flexibility index (Phi) is 9.03. The van der Waals surface area contributed by atoms with Gasteiger partial charge in [0.1, 0.15) is 0 Å². The normalized spacial score (nSPS) is 18.5. The van der Waals surface area contributed by atoms with E-state index in [9.17, 15) is 18.0 Å². The first-order chi connectivity index (χ1) is 15.8. The lowest BCUT2D eigenvalue weighted by atomic mass is 9.81. The van der Waals surface area contributed by atoms with Crippen LogP contribution < -0.4 is 15.4 Å². The van der Waals surface area contributed by atoms with Gasteiger partial charge in [-0.1, -0.05) is 48.0 Å². The summed E-state index contributed by atoms with van der Waals surface area (Å²) in [4.78, 5) is 24.7. The molecule has 3 N–H and O–H groups in total. The first kappa shape index (κ1) is 24.9. The summed E-state index contributed by atoms with van der Waals surface area (Å²) in [5, 5.41) is 5.56. The molecule has 0 bridgehead atoms. The third-order valence-corrected chi connectivity index (χ3v) is 7.55. The molecule has 0 saturated heterocycles. The second kappa shape index (κ2) is 12.0. The van der Waals surface area contributed by atoms with Crippen LogP contribution in [0.2, 0.25) is 0 Å². The van der Waals surface area contributed by atoms with Crippen LogP contribution in [0.15, 0.2) is 59.5 Å². The molecule has 0 unspecified atom stereocenters. The van der Waals surface area contributed by atoms with Crippen molar-refractivity contribution in [1.82, 2.24) is 15.4 Å². The predicted molar refractivity (Wildman–Crippen MR) is 128 cm³/mol. The summed E-state index contributed by atoms with van der Waals surface area (Å²) in [6.07, 6.45) is 3.69. The Bertz CT molecular complexity index is 1020. The number of carbonyl (C=O) groups is 2. The van der Waals surface area contributed by atoms with Gasteiger partial charge in [-0.15, -0.1) is 0 Å². The summed E-state index contributed by atoms with van der Waals surface area (Å²) in [7, 11) is -3.52. The van der Waals surface area contributed by atoms with E-state index in [2.05, 4.69) is 15.4 Å². The summed E-state index contributed by atoms with van der Waals surface area (Å²) in [6, 6.07) is 16.7. The Morgan fingerprint density at radius 3 is 2.24 bits per heavy atom. The lowest BCUT2D eigenvalue weighted by Gasteiger charge is -2.27. The molecule has 2 amide bonds. The van der Waals surface area contributed by atoms with Crippen LogP contribution in [0.5, 0.6) is 0 Å². The maximum absolute atomic E-state index is 12.5. The zero-order valence-corrected chi connectivity index (χ0v) is 19.9. The fourth-order valence-electron chi connectivity index (χ4n) is 4.02. The molecule has 8 heteroatoms. The van der Waals surface area contributed by atoms with E-state index in [4.69, 9.17) is 0 Å². The van der Waals surface area contributed by atoms with Crippen LogP contribution in [0.3, 0.4) is 0 Å². The third-order valence-electron chi connectivity index (χ3n) is 6.11. The maximum atomic E-state index is 12.5. The Balaban J connectivity index is 1.32. The van der Waals surface area contributed by atoms with Crippen LogP contribution >= 0.6 is 0 Å². The van der Waals surface area contributed by atoms with E-state index < -0.39 is 10.0 Å². The molecule has 7 nitrogen and oxygen atoms in total. The van der Waals surface area contributed by atoms with Crippen molar-refractivity contribution >= 4 is 21.8 Å². The van der Waals surface area contributed by atoms with Crippen LogP contribution in [0.4, 0.5) is 0 Å². The first-order valence-corrected chi connectivity index (χ1v) is 13.0. The second-order valence-corrected chi connectivity index (χ2v) is 10.5. The topological polar surface area (TPSA) is 104 Å². The molecule has 1 aliphatic carbocycles. The Labute approximate surface area is 196 Å². The molecule has 0 aromatic heterocycles. The van der Waals surface area contributed by atoms with Gasteiger partial charge in [0.05, 0.1) is 11.4 Å². The molecule has 1 saturated carbocycles. The molecule has 0 aliphatic heterocycles. The van der Waals surface area contributed by atoms with Crippen LogP contribution in [0, 0.1) is 18.8 Å². The maximum Gasteiger partial charge on any atom is 0.240 e. The predicted octanol–water partition coefficient (Wildman–Crippen LogP) is 2.55. The number of carbonyl (C=O) groups excluding carboxylic acids is 2. The van der Waals surface area contributed by atoms with Crippen molar-refractivity contribution in [2.45, 2.75) is 43.9 Å². The van der Waals surface area contributed by atoms with Gasteiger partial charge in [-0.25, -0.2) is 13.1 Å². The number of hydrogen-bond donors (Lipinski definition) is 3. The van der Waals surface area contributed by atoms with Gasteiger partial charge in [-0.3, -0.25) is 9.59 Å². The molecule has 2 aromatic carbocycles. The van der Waals surface area contributed by atoms with Gasteiger partial charge in [-0.05, 0) is 62.6 Å². The summed E-state index contributed by atoms with van der Waals surface area (Å²) in [5.41, 5.74) is 2.16. The second-order valence-electron chi connectivity index (χ2n) is 8.69. The van der Waals surface area contributed by atoms with Gasteiger partial charge in [0, 0.05) is 19.0 Å². The SMILES string of the molecule is Cc1ccc(S(=O)(=O)NCC2CCC(C(=O)NCC(=O)NCCc3ccccc3)CC2)cc1. The number of rotatable bonds is 10. The minimum atomic E-state index is -3.52. The molecule has 0 atom stereocenters. The van der Waals surface area contributed by atoms with E-state index in [1.54, 1.807) is 24.3 Å².